The fourth-order valence-electron chi connectivity index (χ4n) is 6.57. The lowest BCUT2D eigenvalue weighted by Gasteiger charge is -2.24. The van der Waals surface area contributed by atoms with E-state index in [9.17, 15) is 19.5 Å². The Bertz CT molecular complexity index is 1650. The van der Waals surface area contributed by atoms with Crippen LogP contribution < -0.4 is 0 Å². The molecule has 4 rings (SSSR count). The Hall–Kier alpha value is -4.04. The molecule has 7 nitrogen and oxygen atoms in total. The molecule has 0 bridgehead atoms. The Kier molecular flexibility index (Phi) is 17.3. The van der Waals surface area contributed by atoms with Gasteiger partial charge in [-0.15, -0.1) is 11.3 Å². The Labute approximate surface area is 315 Å². The summed E-state index contributed by atoms with van der Waals surface area (Å²) in [5.74, 6) is -0.911. The second kappa shape index (κ2) is 22.1. The highest BCUT2D eigenvalue weighted by molar-refractivity contribution is 7.16. The maximum absolute atomic E-state index is 13.0. The minimum absolute atomic E-state index is 0.0703. The van der Waals surface area contributed by atoms with Crippen molar-refractivity contribution >= 4 is 34.4 Å². The van der Waals surface area contributed by atoms with Gasteiger partial charge in [-0.1, -0.05) is 140 Å². The number of nitrogens with zero attached hydrogens (tertiary/aromatic N) is 2. The highest BCUT2D eigenvalue weighted by Gasteiger charge is 2.36. The molecule has 1 aromatic heterocycles. The van der Waals surface area contributed by atoms with Crippen LogP contribution >= 0.6 is 11.3 Å². The lowest BCUT2D eigenvalue weighted by molar-refractivity contribution is -0.144. The first-order valence-electron chi connectivity index (χ1n) is 19.6. The van der Waals surface area contributed by atoms with Crippen molar-refractivity contribution in [3.8, 4) is 10.6 Å². The van der Waals surface area contributed by atoms with Gasteiger partial charge in [-0.2, -0.15) is 0 Å². The van der Waals surface area contributed by atoms with Gasteiger partial charge in [-0.3, -0.25) is 14.4 Å². The van der Waals surface area contributed by atoms with Gasteiger partial charge in [0.1, 0.15) is 17.3 Å². The number of allylic oxidation sites excluding steroid dienone is 8. The summed E-state index contributed by atoms with van der Waals surface area (Å²) < 4.78 is 5.51. The zero-order chi connectivity index (χ0) is 37.1. The van der Waals surface area contributed by atoms with Crippen LogP contribution in [0.15, 0.2) is 83.3 Å². The number of hydrogen-bond donors (Lipinski definition) is 1. The number of rotatable bonds is 24. The van der Waals surface area contributed by atoms with E-state index in [-0.39, 0.29) is 41.0 Å². The molecule has 0 fully saturated rings. The molecular formula is C44H58N2O5S. The van der Waals surface area contributed by atoms with Gasteiger partial charge >= 0.3 is 5.97 Å². The van der Waals surface area contributed by atoms with E-state index in [2.05, 4.69) is 11.9 Å². The van der Waals surface area contributed by atoms with Crippen molar-refractivity contribution < 1.29 is 24.2 Å². The van der Waals surface area contributed by atoms with Crippen molar-refractivity contribution in [2.24, 2.45) is 0 Å². The maximum atomic E-state index is 13.0. The summed E-state index contributed by atoms with van der Waals surface area (Å²) in [5, 5.41) is 11.6. The van der Waals surface area contributed by atoms with E-state index in [0.717, 1.165) is 23.4 Å². The molecule has 0 unspecified atom stereocenters. The summed E-state index contributed by atoms with van der Waals surface area (Å²) >= 11 is 1.37. The van der Waals surface area contributed by atoms with E-state index in [1.807, 2.05) is 49.1 Å². The molecule has 280 valence electrons. The second-order valence-corrected chi connectivity index (χ2v) is 14.9. The number of aliphatic hydroxyl groups is 1. The second-order valence-electron chi connectivity index (χ2n) is 13.9. The topological polar surface area (TPSA) is 96.8 Å². The van der Waals surface area contributed by atoms with E-state index >= 15 is 0 Å². The monoisotopic (exact) mass is 726 g/mol. The average molecular weight is 727 g/mol. The van der Waals surface area contributed by atoms with E-state index in [4.69, 9.17) is 4.74 Å². The van der Waals surface area contributed by atoms with Crippen LogP contribution in [0.25, 0.3) is 16.1 Å². The summed E-state index contributed by atoms with van der Waals surface area (Å²) in [4.78, 5) is 45.7. The largest absolute Gasteiger partial charge is 0.506 e. The van der Waals surface area contributed by atoms with Gasteiger partial charge in [0.2, 0.25) is 5.78 Å². The van der Waals surface area contributed by atoms with Crippen molar-refractivity contribution in [1.82, 2.24) is 9.88 Å². The minimum Gasteiger partial charge on any atom is -0.506 e. The lowest BCUT2D eigenvalue weighted by atomic mass is 9.86. The van der Waals surface area contributed by atoms with Crippen molar-refractivity contribution in [1.29, 1.82) is 0 Å². The number of Topliss-reactive ketones (excluding diaryl/α,β-unsaturated/α-hetero) is 1. The fourth-order valence-corrected chi connectivity index (χ4v) is 7.69. The standard InChI is InChI=1S/C44H58N2O5S/c1-4-6-7-8-9-10-11-12-13-14-15-16-17-18-19-23-30-51-39(48)32-46(5-2)36-28-26-34(38(47)31-36)27-29-37-41(49)40(42(37)50)43-33(3)45-44(52-43)35-24-21-20-22-25-35/h20-22,24-29,31,49H,4-19,23,30,32H2,1-3H3/b34-27-,37-29-. The molecule has 1 aromatic carbocycles. The molecule has 0 atom stereocenters. The van der Waals surface area contributed by atoms with Crippen molar-refractivity contribution in [3.63, 3.8) is 0 Å². The smallest absolute Gasteiger partial charge is 0.325 e. The fraction of sp³-hybridized carbons (Fsp3) is 0.500. The molecule has 0 spiro atoms. The van der Waals surface area contributed by atoms with Gasteiger partial charge in [0.15, 0.2) is 5.78 Å². The maximum Gasteiger partial charge on any atom is 0.325 e. The van der Waals surface area contributed by atoms with Crippen LogP contribution in [0.4, 0.5) is 0 Å². The van der Waals surface area contributed by atoms with Gasteiger partial charge in [-0.05, 0) is 38.5 Å². The average Bonchev–Trinajstić information content (AvgIpc) is 3.53. The Balaban J connectivity index is 1.12. The molecule has 1 heterocycles. The van der Waals surface area contributed by atoms with E-state index in [1.54, 1.807) is 18.2 Å². The number of ether oxygens (including phenoxy) is 1. The van der Waals surface area contributed by atoms with Crippen LogP contribution in [0.1, 0.15) is 127 Å². The van der Waals surface area contributed by atoms with Crippen LogP contribution in [0.3, 0.4) is 0 Å². The quantitative estimate of drug-likeness (QED) is 0.0653. The molecule has 2 aromatic rings. The number of aromatic nitrogens is 1. The minimum atomic E-state index is -0.302. The predicted octanol–water partition coefficient (Wildman–Crippen LogP) is 11.0. The number of likely N-dealkylation sites (N-methyl/N-ethyl adjacent to an activating group) is 1. The van der Waals surface area contributed by atoms with Crippen molar-refractivity contribution in [2.75, 3.05) is 19.7 Å². The third kappa shape index (κ3) is 12.3. The van der Waals surface area contributed by atoms with Gasteiger partial charge < -0.3 is 14.7 Å². The molecule has 0 radical (unpaired) electrons. The SMILES string of the molecule is CCCCCCCCCCCCCCCCCCOC(=O)CN(CC)C1=CC(=O)/C(=C\C=C2/C(=O)C(c3sc(-c4ccccc4)nc3C)=C2O)C=C1. The van der Waals surface area contributed by atoms with E-state index in [0.29, 0.717) is 35.0 Å². The predicted molar refractivity (Wildman–Crippen MR) is 213 cm³/mol. The first-order chi connectivity index (χ1) is 25.3. The zero-order valence-electron chi connectivity index (χ0n) is 31.6. The van der Waals surface area contributed by atoms with E-state index < -0.39 is 0 Å². The molecular weight excluding hydrogens is 669 g/mol. The highest BCUT2D eigenvalue weighted by atomic mass is 32.1. The zero-order valence-corrected chi connectivity index (χ0v) is 32.4. The highest BCUT2D eigenvalue weighted by Crippen LogP contribution is 2.42. The van der Waals surface area contributed by atoms with E-state index in [1.165, 1.54) is 113 Å². The van der Waals surface area contributed by atoms with Gasteiger partial charge in [-0.25, -0.2) is 4.98 Å². The van der Waals surface area contributed by atoms with Crippen LogP contribution in [0, 0.1) is 6.92 Å². The summed E-state index contributed by atoms with van der Waals surface area (Å²) in [7, 11) is 0. The number of ketones is 2. The number of esters is 1. The number of aryl methyl sites for hydroxylation is 1. The van der Waals surface area contributed by atoms with Crippen molar-refractivity contribution in [3.05, 3.63) is 93.9 Å². The summed E-state index contributed by atoms with van der Waals surface area (Å²) in [6.45, 7) is 7.06. The Morgan fingerprint density at radius 2 is 1.42 bits per heavy atom. The molecule has 0 saturated heterocycles. The first kappa shape index (κ1) is 40.7. The number of aliphatic hydroxyl groups excluding tert-OH is 1. The number of benzene rings is 1. The summed E-state index contributed by atoms with van der Waals surface area (Å²) in [6, 6.07) is 9.71. The van der Waals surface area contributed by atoms with Gasteiger partial charge in [0, 0.05) is 29.5 Å². The Morgan fingerprint density at radius 1 is 0.827 bits per heavy atom. The lowest BCUT2D eigenvalue weighted by Crippen LogP contribution is -2.31. The number of carbonyl (C=O) groups is 3. The molecule has 0 amide bonds. The van der Waals surface area contributed by atoms with Gasteiger partial charge in [0.25, 0.3) is 0 Å². The first-order valence-corrected chi connectivity index (χ1v) is 20.4. The molecule has 52 heavy (non-hydrogen) atoms. The molecule has 2 aliphatic rings. The molecule has 0 aliphatic heterocycles. The third-order valence-corrected chi connectivity index (χ3v) is 11.0. The van der Waals surface area contributed by atoms with Crippen LogP contribution in [-0.2, 0) is 19.1 Å². The number of thiazole rings is 1. The van der Waals surface area contributed by atoms with Gasteiger partial charge in [0.05, 0.1) is 28.3 Å². The number of hydrogen-bond acceptors (Lipinski definition) is 8. The molecule has 8 heteroatoms. The van der Waals surface area contributed by atoms with Crippen molar-refractivity contribution in [2.45, 2.75) is 124 Å². The third-order valence-electron chi connectivity index (χ3n) is 9.76. The summed E-state index contributed by atoms with van der Waals surface area (Å²) in [6.07, 6.45) is 28.8. The Morgan fingerprint density at radius 3 is 1.98 bits per heavy atom. The summed E-state index contributed by atoms with van der Waals surface area (Å²) in [5.41, 5.74) is 3.07. The number of carbonyl (C=O) groups excluding carboxylic acids is 3. The van der Waals surface area contributed by atoms with Crippen LogP contribution in [0.5, 0.6) is 0 Å². The molecule has 2 aliphatic carbocycles. The number of unbranched alkanes of at least 4 members (excludes halogenated alkanes) is 15. The normalized spacial score (nSPS) is 15.8. The van der Waals surface area contributed by atoms with Crippen LogP contribution in [0.2, 0.25) is 0 Å². The molecule has 1 N–H and O–H groups in total. The molecule has 0 saturated carbocycles. The van der Waals surface area contributed by atoms with Crippen LogP contribution in [-0.4, -0.2) is 52.2 Å².